The zero-order valence-electron chi connectivity index (χ0n) is 11.4. The molecule has 0 atom stereocenters. The summed E-state index contributed by atoms with van der Waals surface area (Å²) in [7, 11) is 0. The molecule has 0 aliphatic rings. The van der Waals surface area contributed by atoms with Crippen molar-refractivity contribution in [2.24, 2.45) is 0 Å². The number of rotatable bonds is 5. The highest BCUT2D eigenvalue weighted by atomic mass is 16.5. The van der Waals surface area contributed by atoms with Crippen molar-refractivity contribution in [2.45, 2.75) is 13.5 Å². The van der Waals surface area contributed by atoms with Crippen LogP contribution in [0.15, 0.2) is 42.5 Å². The molecular formula is C16H17N3O. The van der Waals surface area contributed by atoms with Gasteiger partial charge in [-0.25, -0.2) is 0 Å². The Kier molecular flexibility index (Phi) is 4.46. The van der Waals surface area contributed by atoms with Crippen molar-refractivity contribution in [1.82, 2.24) is 0 Å². The standard InChI is InChI=1S/C16H17N3O/c1-2-20-14-6-3-12(4-7-14)11-19-16-8-5-13(10-17)9-15(16)18/h3-9,19H,2,11,18H2,1H3. The summed E-state index contributed by atoms with van der Waals surface area (Å²) < 4.78 is 5.40. The van der Waals surface area contributed by atoms with E-state index in [4.69, 9.17) is 15.7 Å². The predicted molar refractivity (Wildman–Crippen MR) is 80.5 cm³/mol. The quantitative estimate of drug-likeness (QED) is 0.816. The molecule has 0 amide bonds. The Bertz CT molecular complexity index is 615. The summed E-state index contributed by atoms with van der Waals surface area (Å²) >= 11 is 0. The summed E-state index contributed by atoms with van der Waals surface area (Å²) in [6.45, 7) is 3.30. The van der Waals surface area contributed by atoms with Crippen molar-refractivity contribution >= 4 is 11.4 Å². The van der Waals surface area contributed by atoms with E-state index >= 15 is 0 Å². The number of nitrogens with one attached hydrogen (secondary N) is 1. The number of benzene rings is 2. The van der Waals surface area contributed by atoms with Crippen LogP contribution in [0.4, 0.5) is 11.4 Å². The van der Waals surface area contributed by atoms with E-state index < -0.39 is 0 Å². The minimum atomic E-state index is 0.564. The topological polar surface area (TPSA) is 71.1 Å². The molecule has 3 N–H and O–H groups in total. The number of nitrogen functional groups attached to an aromatic ring is 1. The summed E-state index contributed by atoms with van der Waals surface area (Å²) in [5, 5.41) is 12.0. The van der Waals surface area contributed by atoms with Gasteiger partial charge < -0.3 is 15.8 Å². The van der Waals surface area contributed by atoms with E-state index in [-0.39, 0.29) is 0 Å². The molecule has 0 saturated carbocycles. The molecule has 0 fully saturated rings. The van der Waals surface area contributed by atoms with Gasteiger partial charge in [0.15, 0.2) is 0 Å². The van der Waals surface area contributed by atoms with Crippen LogP contribution in [-0.4, -0.2) is 6.61 Å². The SMILES string of the molecule is CCOc1ccc(CNc2ccc(C#N)cc2N)cc1. The van der Waals surface area contributed by atoms with Crippen LogP contribution >= 0.6 is 0 Å². The van der Waals surface area contributed by atoms with Gasteiger partial charge in [0.1, 0.15) is 5.75 Å². The molecular weight excluding hydrogens is 250 g/mol. The predicted octanol–water partition coefficient (Wildman–Crippen LogP) is 3.15. The lowest BCUT2D eigenvalue weighted by Crippen LogP contribution is -2.02. The van der Waals surface area contributed by atoms with Gasteiger partial charge >= 0.3 is 0 Å². The number of hydrogen-bond acceptors (Lipinski definition) is 4. The fourth-order valence-electron chi connectivity index (χ4n) is 1.86. The Morgan fingerprint density at radius 2 is 1.95 bits per heavy atom. The highest BCUT2D eigenvalue weighted by molar-refractivity contribution is 5.68. The number of anilines is 2. The molecule has 0 bridgehead atoms. The molecule has 0 unspecified atom stereocenters. The van der Waals surface area contributed by atoms with E-state index in [0.29, 0.717) is 24.4 Å². The third-order valence-electron chi connectivity index (χ3n) is 2.90. The van der Waals surface area contributed by atoms with Gasteiger partial charge in [0.05, 0.1) is 29.6 Å². The maximum atomic E-state index is 8.79. The molecule has 2 rings (SSSR count). The molecule has 0 radical (unpaired) electrons. The van der Waals surface area contributed by atoms with E-state index in [0.717, 1.165) is 17.0 Å². The van der Waals surface area contributed by atoms with Crippen LogP contribution in [0.5, 0.6) is 5.75 Å². The molecule has 4 nitrogen and oxygen atoms in total. The minimum absolute atomic E-state index is 0.564. The first kappa shape index (κ1) is 13.8. The van der Waals surface area contributed by atoms with E-state index in [9.17, 15) is 0 Å². The number of hydrogen-bond donors (Lipinski definition) is 2. The number of ether oxygens (including phenoxy) is 1. The molecule has 102 valence electrons. The van der Waals surface area contributed by atoms with Gasteiger partial charge in [0, 0.05) is 6.54 Å². The second-order valence-corrected chi connectivity index (χ2v) is 4.34. The maximum absolute atomic E-state index is 8.79. The van der Waals surface area contributed by atoms with Crippen LogP contribution in [0.25, 0.3) is 0 Å². The zero-order chi connectivity index (χ0) is 14.4. The molecule has 0 aliphatic heterocycles. The molecule has 0 spiro atoms. The molecule has 4 heteroatoms. The average molecular weight is 267 g/mol. The highest BCUT2D eigenvalue weighted by Crippen LogP contribution is 2.20. The van der Waals surface area contributed by atoms with Gasteiger partial charge in [-0.2, -0.15) is 5.26 Å². The van der Waals surface area contributed by atoms with Crippen molar-refractivity contribution in [3.8, 4) is 11.8 Å². The Labute approximate surface area is 118 Å². The molecule has 20 heavy (non-hydrogen) atoms. The largest absolute Gasteiger partial charge is 0.494 e. The first-order chi connectivity index (χ1) is 9.72. The summed E-state index contributed by atoms with van der Waals surface area (Å²) in [5.74, 6) is 0.870. The van der Waals surface area contributed by atoms with Crippen molar-refractivity contribution in [3.05, 3.63) is 53.6 Å². The molecule has 2 aromatic carbocycles. The molecule has 0 heterocycles. The Balaban J connectivity index is 2.00. The lowest BCUT2D eigenvalue weighted by Gasteiger charge is -2.10. The van der Waals surface area contributed by atoms with Gasteiger partial charge in [-0.3, -0.25) is 0 Å². The monoisotopic (exact) mass is 267 g/mol. The Morgan fingerprint density at radius 1 is 1.20 bits per heavy atom. The molecule has 0 aliphatic carbocycles. The van der Waals surface area contributed by atoms with Crippen molar-refractivity contribution < 1.29 is 4.74 Å². The first-order valence-corrected chi connectivity index (χ1v) is 6.48. The van der Waals surface area contributed by atoms with Crippen molar-refractivity contribution in [1.29, 1.82) is 5.26 Å². The van der Waals surface area contributed by atoms with Gasteiger partial charge in [-0.05, 0) is 42.8 Å². The van der Waals surface area contributed by atoms with Crippen LogP contribution in [0.2, 0.25) is 0 Å². The van der Waals surface area contributed by atoms with E-state index in [2.05, 4.69) is 11.4 Å². The van der Waals surface area contributed by atoms with Gasteiger partial charge in [0.25, 0.3) is 0 Å². The first-order valence-electron chi connectivity index (χ1n) is 6.48. The van der Waals surface area contributed by atoms with E-state index in [1.165, 1.54) is 0 Å². The third-order valence-corrected chi connectivity index (χ3v) is 2.90. The molecule has 0 saturated heterocycles. The molecule has 2 aromatic rings. The molecule has 0 aromatic heterocycles. The normalized spacial score (nSPS) is 9.80. The van der Waals surface area contributed by atoms with Crippen LogP contribution in [0.1, 0.15) is 18.1 Å². The summed E-state index contributed by atoms with van der Waals surface area (Å²) in [6.07, 6.45) is 0. The van der Waals surface area contributed by atoms with E-state index in [1.807, 2.05) is 37.3 Å². The Hall–Kier alpha value is -2.67. The van der Waals surface area contributed by atoms with Crippen LogP contribution in [0, 0.1) is 11.3 Å². The van der Waals surface area contributed by atoms with Crippen LogP contribution in [-0.2, 0) is 6.54 Å². The van der Waals surface area contributed by atoms with Gasteiger partial charge in [0.2, 0.25) is 0 Å². The summed E-state index contributed by atoms with van der Waals surface area (Å²) in [5.41, 5.74) is 9.00. The van der Waals surface area contributed by atoms with Gasteiger partial charge in [-0.1, -0.05) is 12.1 Å². The second kappa shape index (κ2) is 6.48. The fourth-order valence-corrected chi connectivity index (χ4v) is 1.86. The number of nitriles is 1. The lowest BCUT2D eigenvalue weighted by molar-refractivity contribution is 0.340. The fraction of sp³-hybridized carbons (Fsp3) is 0.188. The van der Waals surface area contributed by atoms with Crippen LogP contribution in [0.3, 0.4) is 0 Å². The van der Waals surface area contributed by atoms with Crippen molar-refractivity contribution in [2.75, 3.05) is 17.7 Å². The average Bonchev–Trinajstić information content (AvgIpc) is 2.48. The second-order valence-electron chi connectivity index (χ2n) is 4.34. The summed E-state index contributed by atoms with van der Waals surface area (Å²) in [6, 6.07) is 15.2. The summed E-state index contributed by atoms with van der Waals surface area (Å²) in [4.78, 5) is 0. The lowest BCUT2D eigenvalue weighted by atomic mass is 10.1. The van der Waals surface area contributed by atoms with E-state index in [1.54, 1.807) is 12.1 Å². The number of nitrogens with zero attached hydrogens (tertiary/aromatic N) is 1. The zero-order valence-corrected chi connectivity index (χ0v) is 11.4. The van der Waals surface area contributed by atoms with Gasteiger partial charge in [-0.15, -0.1) is 0 Å². The number of nitrogens with two attached hydrogens (primary N) is 1. The minimum Gasteiger partial charge on any atom is -0.494 e. The Morgan fingerprint density at radius 3 is 2.55 bits per heavy atom. The highest BCUT2D eigenvalue weighted by Gasteiger charge is 2.01. The maximum Gasteiger partial charge on any atom is 0.119 e. The van der Waals surface area contributed by atoms with Crippen LogP contribution < -0.4 is 15.8 Å². The third kappa shape index (κ3) is 3.42. The van der Waals surface area contributed by atoms with Crippen molar-refractivity contribution in [3.63, 3.8) is 0 Å². The smallest absolute Gasteiger partial charge is 0.119 e.